The monoisotopic (exact) mass is 313 g/mol. The molecule has 1 saturated carbocycles. The Morgan fingerprint density at radius 3 is 2.65 bits per heavy atom. The van der Waals surface area contributed by atoms with Crippen LogP contribution in [0.2, 0.25) is 0 Å². The zero-order valence-electron chi connectivity index (χ0n) is 13.4. The number of amides is 1. The predicted octanol–water partition coefficient (Wildman–Crippen LogP) is 2.36. The number of hydrogen-bond donors (Lipinski definition) is 1. The normalized spacial score (nSPS) is 22.5. The van der Waals surface area contributed by atoms with E-state index in [-0.39, 0.29) is 17.9 Å². The molecule has 0 unspecified atom stereocenters. The van der Waals surface area contributed by atoms with E-state index < -0.39 is 0 Å². The Labute approximate surface area is 136 Å². The number of tetrazole rings is 1. The molecule has 1 atom stereocenters. The molecule has 1 aliphatic rings. The van der Waals surface area contributed by atoms with Crippen LogP contribution in [0.5, 0.6) is 0 Å². The number of nitrogens with one attached hydrogen (secondary N) is 1. The lowest BCUT2D eigenvalue weighted by Gasteiger charge is -2.28. The summed E-state index contributed by atoms with van der Waals surface area (Å²) in [4.78, 5) is 12.5. The summed E-state index contributed by atoms with van der Waals surface area (Å²) in [5, 5.41) is 14.4. The molecule has 2 aromatic rings. The minimum atomic E-state index is 0.0580. The van der Waals surface area contributed by atoms with Gasteiger partial charge in [-0.3, -0.25) is 4.79 Å². The van der Waals surface area contributed by atoms with Gasteiger partial charge in [-0.15, -0.1) is 5.10 Å². The molecule has 1 aliphatic carbocycles. The fraction of sp³-hybridized carbons (Fsp3) is 0.529. The minimum absolute atomic E-state index is 0.0580. The second-order valence-corrected chi connectivity index (χ2v) is 6.39. The van der Waals surface area contributed by atoms with E-state index in [1.807, 2.05) is 37.3 Å². The maximum Gasteiger partial charge on any atom is 0.223 e. The summed E-state index contributed by atoms with van der Waals surface area (Å²) in [6.45, 7) is 2.89. The largest absolute Gasteiger partial charge is 0.349 e. The Morgan fingerprint density at radius 1 is 1.26 bits per heavy atom. The van der Waals surface area contributed by atoms with Crippen LogP contribution < -0.4 is 5.32 Å². The van der Waals surface area contributed by atoms with Crippen LogP contribution >= 0.6 is 0 Å². The Bertz CT molecular complexity index is 605. The molecule has 1 aromatic carbocycles. The molecule has 6 heteroatoms. The first kappa shape index (κ1) is 15.6. The van der Waals surface area contributed by atoms with Crippen molar-refractivity contribution in [2.24, 2.45) is 11.8 Å². The maximum atomic E-state index is 12.5. The van der Waals surface area contributed by atoms with Crippen molar-refractivity contribution in [1.82, 2.24) is 25.5 Å². The number of nitrogens with zero attached hydrogens (tertiary/aromatic N) is 4. The Kier molecular flexibility index (Phi) is 5.00. The van der Waals surface area contributed by atoms with Crippen molar-refractivity contribution >= 4 is 5.91 Å². The number of hydrogen-bond acceptors (Lipinski definition) is 4. The second kappa shape index (κ2) is 7.35. The van der Waals surface area contributed by atoms with Gasteiger partial charge in [-0.2, -0.15) is 0 Å². The fourth-order valence-corrected chi connectivity index (χ4v) is 3.29. The van der Waals surface area contributed by atoms with E-state index in [9.17, 15) is 4.79 Å². The van der Waals surface area contributed by atoms with Gasteiger partial charge >= 0.3 is 0 Å². The van der Waals surface area contributed by atoms with Crippen LogP contribution in [0, 0.1) is 11.8 Å². The van der Waals surface area contributed by atoms with Gasteiger partial charge in [0.15, 0.2) is 0 Å². The highest BCUT2D eigenvalue weighted by Gasteiger charge is 2.27. The first-order valence-corrected chi connectivity index (χ1v) is 8.28. The molecule has 0 saturated heterocycles. The van der Waals surface area contributed by atoms with Gasteiger partial charge in [-0.1, -0.05) is 30.3 Å². The van der Waals surface area contributed by atoms with Crippen LogP contribution in [-0.4, -0.2) is 26.1 Å². The molecule has 1 fully saturated rings. The van der Waals surface area contributed by atoms with E-state index in [1.165, 1.54) is 0 Å². The first-order valence-electron chi connectivity index (χ1n) is 8.28. The smallest absolute Gasteiger partial charge is 0.223 e. The SMILES string of the molecule is C[C@H](NC(=O)C1CCC(Cn2cnnn2)CC1)c1ccccc1. The molecule has 0 spiro atoms. The van der Waals surface area contributed by atoms with Crippen LogP contribution in [0.15, 0.2) is 36.7 Å². The van der Waals surface area contributed by atoms with Gasteiger partial charge in [0.1, 0.15) is 6.33 Å². The highest BCUT2D eigenvalue weighted by Crippen LogP contribution is 2.30. The van der Waals surface area contributed by atoms with Crippen molar-refractivity contribution in [2.75, 3.05) is 0 Å². The lowest BCUT2D eigenvalue weighted by molar-refractivity contribution is -0.126. The molecular weight excluding hydrogens is 290 g/mol. The fourth-order valence-electron chi connectivity index (χ4n) is 3.29. The van der Waals surface area contributed by atoms with Crippen LogP contribution in [0.4, 0.5) is 0 Å². The van der Waals surface area contributed by atoms with Gasteiger partial charge in [-0.05, 0) is 54.5 Å². The number of carbonyl (C=O) groups excluding carboxylic acids is 1. The average Bonchev–Trinajstić information content (AvgIpc) is 3.09. The van der Waals surface area contributed by atoms with E-state index in [1.54, 1.807) is 11.0 Å². The van der Waals surface area contributed by atoms with Crippen LogP contribution in [0.25, 0.3) is 0 Å². The van der Waals surface area contributed by atoms with E-state index in [0.29, 0.717) is 5.92 Å². The molecular formula is C17H23N5O. The highest BCUT2D eigenvalue weighted by molar-refractivity contribution is 5.79. The standard InChI is InChI=1S/C17H23N5O/c1-13(15-5-3-2-4-6-15)19-17(23)16-9-7-14(8-10-16)11-22-12-18-20-21-22/h2-6,12-14,16H,7-11H2,1H3,(H,19,23)/t13-,14?,16?/m0/s1. The molecule has 1 N–H and O–H groups in total. The molecule has 0 aliphatic heterocycles. The van der Waals surface area contributed by atoms with Crippen LogP contribution in [0.1, 0.15) is 44.2 Å². The van der Waals surface area contributed by atoms with Crippen molar-refractivity contribution in [3.63, 3.8) is 0 Å². The molecule has 6 nitrogen and oxygen atoms in total. The van der Waals surface area contributed by atoms with E-state index in [0.717, 1.165) is 37.8 Å². The van der Waals surface area contributed by atoms with Crippen molar-refractivity contribution in [1.29, 1.82) is 0 Å². The molecule has 3 rings (SSSR count). The highest BCUT2D eigenvalue weighted by atomic mass is 16.1. The second-order valence-electron chi connectivity index (χ2n) is 6.39. The number of benzene rings is 1. The topological polar surface area (TPSA) is 72.7 Å². The van der Waals surface area contributed by atoms with Gasteiger partial charge < -0.3 is 5.32 Å². The average molecular weight is 313 g/mol. The van der Waals surface area contributed by atoms with Gasteiger partial charge in [0, 0.05) is 12.5 Å². The van der Waals surface area contributed by atoms with Crippen molar-refractivity contribution in [3.05, 3.63) is 42.2 Å². The summed E-state index contributed by atoms with van der Waals surface area (Å²) in [7, 11) is 0. The number of carbonyl (C=O) groups is 1. The lowest BCUT2D eigenvalue weighted by atomic mass is 9.81. The number of aromatic nitrogens is 4. The van der Waals surface area contributed by atoms with E-state index in [2.05, 4.69) is 20.8 Å². The predicted molar refractivity (Wildman–Crippen MR) is 86.3 cm³/mol. The zero-order chi connectivity index (χ0) is 16.1. The third kappa shape index (κ3) is 4.15. The Hall–Kier alpha value is -2.24. The lowest BCUT2D eigenvalue weighted by Crippen LogP contribution is -2.35. The van der Waals surface area contributed by atoms with Gasteiger partial charge in [0.25, 0.3) is 0 Å². The first-order chi connectivity index (χ1) is 11.2. The molecule has 23 heavy (non-hydrogen) atoms. The molecule has 1 amide bonds. The van der Waals surface area contributed by atoms with Crippen molar-refractivity contribution < 1.29 is 4.79 Å². The van der Waals surface area contributed by atoms with Gasteiger partial charge in [0.2, 0.25) is 5.91 Å². The minimum Gasteiger partial charge on any atom is -0.349 e. The summed E-state index contributed by atoms with van der Waals surface area (Å²) in [6, 6.07) is 10.2. The number of rotatable bonds is 5. The summed E-state index contributed by atoms with van der Waals surface area (Å²) >= 11 is 0. The van der Waals surface area contributed by atoms with Crippen molar-refractivity contribution in [2.45, 2.75) is 45.2 Å². The molecule has 1 heterocycles. The maximum absolute atomic E-state index is 12.5. The Morgan fingerprint density at radius 2 is 2.00 bits per heavy atom. The summed E-state index contributed by atoms with van der Waals surface area (Å²) in [5.74, 6) is 0.877. The molecule has 1 aromatic heterocycles. The van der Waals surface area contributed by atoms with Crippen LogP contribution in [-0.2, 0) is 11.3 Å². The summed E-state index contributed by atoms with van der Waals surface area (Å²) in [5.41, 5.74) is 1.15. The molecule has 0 radical (unpaired) electrons. The summed E-state index contributed by atoms with van der Waals surface area (Å²) < 4.78 is 1.78. The van der Waals surface area contributed by atoms with Crippen LogP contribution in [0.3, 0.4) is 0 Å². The Balaban J connectivity index is 1.46. The third-order valence-electron chi connectivity index (χ3n) is 4.71. The quantitative estimate of drug-likeness (QED) is 0.919. The van der Waals surface area contributed by atoms with Crippen molar-refractivity contribution in [3.8, 4) is 0 Å². The molecule has 0 bridgehead atoms. The van der Waals surface area contributed by atoms with Gasteiger partial charge in [-0.25, -0.2) is 4.68 Å². The third-order valence-corrected chi connectivity index (χ3v) is 4.71. The molecule has 122 valence electrons. The van der Waals surface area contributed by atoms with Gasteiger partial charge in [0.05, 0.1) is 6.04 Å². The summed E-state index contributed by atoms with van der Waals surface area (Å²) in [6.07, 6.45) is 5.65. The van der Waals surface area contributed by atoms with E-state index >= 15 is 0 Å². The van der Waals surface area contributed by atoms with E-state index in [4.69, 9.17) is 0 Å². The zero-order valence-corrected chi connectivity index (χ0v) is 13.4.